The van der Waals surface area contributed by atoms with Gasteiger partial charge >= 0.3 is 0 Å². The fourth-order valence-corrected chi connectivity index (χ4v) is 5.87. The van der Waals surface area contributed by atoms with Crippen molar-refractivity contribution >= 4 is 27.5 Å². The van der Waals surface area contributed by atoms with Crippen LogP contribution in [0.1, 0.15) is 50.8 Å². The Morgan fingerprint density at radius 3 is 2.15 bits per heavy atom. The molecule has 0 bridgehead atoms. The van der Waals surface area contributed by atoms with Crippen LogP contribution < -0.4 is 9.62 Å². The number of benzene rings is 3. The van der Waals surface area contributed by atoms with Gasteiger partial charge in [-0.3, -0.25) is 13.9 Å². The highest BCUT2D eigenvalue weighted by atomic mass is 32.2. The lowest BCUT2D eigenvalue weighted by Crippen LogP contribution is -2.55. The van der Waals surface area contributed by atoms with Gasteiger partial charge in [0.2, 0.25) is 11.8 Å². The predicted octanol–water partition coefficient (Wildman–Crippen LogP) is 5.36. The number of rotatable bonds is 10. The molecule has 0 aliphatic heterocycles. The first kappa shape index (κ1) is 30.8. The smallest absolute Gasteiger partial charge is 0.264 e. The van der Waals surface area contributed by atoms with Crippen molar-refractivity contribution in [1.29, 1.82) is 0 Å². The molecule has 214 valence electrons. The van der Waals surface area contributed by atoms with E-state index in [0.717, 1.165) is 9.87 Å². The normalized spacial score (nSPS) is 12.5. The molecule has 0 saturated carbocycles. The molecule has 0 aromatic heterocycles. The molecule has 9 heteroatoms. The molecule has 3 aromatic carbocycles. The van der Waals surface area contributed by atoms with Crippen molar-refractivity contribution < 1.29 is 22.4 Å². The largest absolute Gasteiger partial charge is 0.350 e. The molecule has 3 aromatic rings. The van der Waals surface area contributed by atoms with Crippen LogP contribution in [-0.2, 0) is 26.2 Å². The van der Waals surface area contributed by atoms with Crippen molar-refractivity contribution in [3.05, 3.63) is 95.3 Å². The first-order valence-corrected chi connectivity index (χ1v) is 14.7. The van der Waals surface area contributed by atoms with E-state index in [2.05, 4.69) is 5.32 Å². The fourth-order valence-electron chi connectivity index (χ4n) is 4.38. The summed E-state index contributed by atoms with van der Waals surface area (Å²) in [5.41, 5.74) is 1.96. The Balaban J connectivity index is 2.10. The van der Waals surface area contributed by atoms with Gasteiger partial charge in [0.1, 0.15) is 18.4 Å². The molecule has 40 heavy (non-hydrogen) atoms. The number of nitrogens with one attached hydrogen (secondary N) is 1. The van der Waals surface area contributed by atoms with E-state index in [0.29, 0.717) is 23.2 Å². The van der Waals surface area contributed by atoms with Gasteiger partial charge in [0.15, 0.2) is 0 Å². The van der Waals surface area contributed by atoms with E-state index >= 15 is 0 Å². The second-order valence-electron chi connectivity index (χ2n) is 10.9. The van der Waals surface area contributed by atoms with Crippen LogP contribution in [0.3, 0.4) is 0 Å². The second kappa shape index (κ2) is 12.6. The van der Waals surface area contributed by atoms with Crippen molar-refractivity contribution in [1.82, 2.24) is 10.2 Å². The van der Waals surface area contributed by atoms with Crippen LogP contribution in [-0.4, -0.2) is 43.3 Å². The molecule has 0 heterocycles. The maximum Gasteiger partial charge on any atom is 0.264 e. The molecule has 0 saturated heterocycles. The van der Waals surface area contributed by atoms with E-state index in [-0.39, 0.29) is 17.3 Å². The minimum atomic E-state index is -4.15. The van der Waals surface area contributed by atoms with Gasteiger partial charge in [0.05, 0.1) is 10.6 Å². The Bertz CT molecular complexity index is 1440. The van der Waals surface area contributed by atoms with Gasteiger partial charge in [-0.25, -0.2) is 12.8 Å². The monoisotopic (exact) mass is 567 g/mol. The van der Waals surface area contributed by atoms with E-state index in [4.69, 9.17) is 0 Å². The third-order valence-electron chi connectivity index (χ3n) is 6.39. The summed E-state index contributed by atoms with van der Waals surface area (Å²) in [5, 5.41) is 2.93. The van der Waals surface area contributed by atoms with Crippen molar-refractivity contribution in [2.45, 2.75) is 71.0 Å². The molecule has 1 atom stereocenters. The van der Waals surface area contributed by atoms with Crippen LogP contribution in [0.25, 0.3) is 0 Å². The lowest BCUT2D eigenvalue weighted by Gasteiger charge is -2.35. The van der Waals surface area contributed by atoms with Crippen molar-refractivity contribution in [3.63, 3.8) is 0 Å². The first-order chi connectivity index (χ1) is 18.7. The molecule has 0 radical (unpaired) electrons. The average molecular weight is 568 g/mol. The van der Waals surface area contributed by atoms with Gasteiger partial charge in [-0.15, -0.1) is 0 Å². The van der Waals surface area contributed by atoms with Crippen LogP contribution in [0.15, 0.2) is 77.7 Å². The Labute approximate surface area is 237 Å². The highest BCUT2D eigenvalue weighted by Gasteiger charge is 2.35. The highest BCUT2D eigenvalue weighted by molar-refractivity contribution is 7.92. The number of carbonyl (C=O) groups is 2. The van der Waals surface area contributed by atoms with Gasteiger partial charge in [0, 0.05) is 12.1 Å². The number of hydrogen-bond donors (Lipinski definition) is 1. The SMILES string of the molecule is CC[C@@H](C(=O)NC(C)(C)C)N(Cc1ccc(F)cc1)C(=O)CN(c1cc(C)ccc1C)S(=O)(=O)c1ccccc1. The summed E-state index contributed by atoms with van der Waals surface area (Å²) >= 11 is 0. The molecule has 0 unspecified atom stereocenters. The molecule has 7 nitrogen and oxygen atoms in total. The lowest BCUT2D eigenvalue weighted by molar-refractivity contribution is -0.141. The minimum absolute atomic E-state index is 0.00120. The van der Waals surface area contributed by atoms with Gasteiger partial charge in [-0.05, 0) is 88.1 Å². The Kier molecular flexibility index (Phi) is 9.73. The maximum atomic E-state index is 14.1. The van der Waals surface area contributed by atoms with Crippen LogP contribution >= 0.6 is 0 Å². The number of hydrogen-bond acceptors (Lipinski definition) is 4. The van der Waals surface area contributed by atoms with Gasteiger partial charge in [-0.2, -0.15) is 0 Å². The van der Waals surface area contributed by atoms with Crippen LogP contribution in [0.2, 0.25) is 0 Å². The predicted molar refractivity (Wildman–Crippen MR) is 156 cm³/mol. The molecule has 0 spiro atoms. The molecule has 2 amide bonds. The zero-order valence-corrected chi connectivity index (χ0v) is 24.8. The van der Waals surface area contributed by atoms with E-state index in [1.807, 2.05) is 39.8 Å². The van der Waals surface area contributed by atoms with E-state index < -0.39 is 39.9 Å². The number of sulfonamides is 1. The average Bonchev–Trinajstić information content (AvgIpc) is 2.89. The number of anilines is 1. The summed E-state index contributed by atoms with van der Waals surface area (Å²) in [7, 11) is -4.15. The molecular formula is C31H38FN3O4S. The zero-order valence-electron chi connectivity index (χ0n) is 23.9. The van der Waals surface area contributed by atoms with E-state index in [1.54, 1.807) is 50.2 Å². The lowest BCUT2D eigenvalue weighted by atomic mass is 10.1. The minimum Gasteiger partial charge on any atom is -0.350 e. The molecular weight excluding hydrogens is 529 g/mol. The summed E-state index contributed by atoms with van der Waals surface area (Å²) < 4.78 is 42.6. The number of carbonyl (C=O) groups excluding carboxylic acids is 2. The quantitative estimate of drug-likeness (QED) is 0.357. The van der Waals surface area contributed by atoms with Crippen molar-refractivity contribution in [3.8, 4) is 0 Å². The third-order valence-corrected chi connectivity index (χ3v) is 8.17. The number of aryl methyl sites for hydroxylation is 2. The van der Waals surface area contributed by atoms with Crippen LogP contribution in [0.4, 0.5) is 10.1 Å². The van der Waals surface area contributed by atoms with E-state index in [1.165, 1.54) is 29.2 Å². The summed E-state index contributed by atoms with van der Waals surface area (Å²) in [5.74, 6) is -1.33. The molecule has 0 fully saturated rings. The van der Waals surface area contributed by atoms with Crippen LogP contribution in [0.5, 0.6) is 0 Å². The molecule has 0 aliphatic carbocycles. The Morgan fingerprint density at radius 1 is 0.950 bits per heavy atom. The second-order valence-corrected chi connectivity index (χ2v) is 12.8. The number of halogens is 1. The standard InChI is InChI=1S/C31H38FN3O4S/c1-7-27(30(37)33-31(4,5)6)34(20-24-15-17-25(32)18-16-24)29(36)21-35(28-19-22(2)13-14-23(28)3)40(38,39)26-11-9-8-10-12-26/h8-19,27H,7,20-21H2,1-6H3,(H,33,37)/t27-/m0/s1. The maximum absolute atomic E-state index is 14.1. The zero-order chi connectivity index (χ0) is 29.7. The molecule has 3 rings (SSSR count). The third kappa shape index (κ3) is 7.69. The Hall–Kier alpha value is -3.72. The fraction of sp³-hybridized carbons (Fsp3) is 0.355. The van der Waals surface area contributed by atoms with Gasteiger partial charge in [-0.1, -0.05) is 49.4 Å². The Morgan fingerprint density at radius 2 is 1.57 bits per heavy atom. The topological polar surface area (TPSA) is 86.8 Å². The highest BCUT2D eigenvalue weighted by Crippen LogP contribution is 2.28. The molecule has 1 N–H and O–H groups in total. The summed E-state index contributed by atoms with van der Waals surface area (Å²) in [6.07, 6.45) is 0.295. The van der Waals surface area contributed by atoms with Crippen molar-refractivity contribution in [2.24, 2.45) is 0 Å². The van der Waals surface area contributed by atoms with Crippen molar-refractivity contribution in [2.75, 3.05) is 10.8 Å². The van der Waals surface area contributed by atoms with Gasteiger partial charge < -0.3 is 10.2 Å². The number of nitrogens with zero attached hydrogens (tertiary/aromatic N) is 2. The summed E-state index contributed by atoms with van der Waals surface area (Å²) in [6, 6.07) is 18.2. The number of amides is 2. The summed E-state index contributed by atoms with van der Waals surface area (Å²) in [6.45, 7) is 10.4. The summed E-state index contributed by atoms with van der Waals surface area (Å²) in [4.78, 5) is 28.9. The first-order valence-electron chi connectivity index (χ1n) is 13.2. The van der Waals surface area contributed by atoms with Gasteiger partial charge in [0.25, 0.3) is 10.0 Å². The molecule has 0 aliphatic rings. The van der Waals surface area contributed by atoms with Crippen LogP contribution in [0, 0.1) is 19.7 Å². The van der Waals surface area contributed by atoms with E-state index in [9.17, 15) is 22.4 Å².